The van der Waals surface area contributed by atoms with Crippen molar-refractivity contribution in [3.63, 3.8) is 0 Å². The number of nitrogens with one attached hydrogen (secondary N) is 2. The first-order valence-corrected chi connectivity index (χ1v) is 6.27. The number of H-pyrrole nitrogens is 1. The van der Waals surface area contributed by atoms with Crippen LogP contribution >= 0.6 is 0 Å². The van der Waals surface area contributed by atoms with Gasteiger partial charge in [-0.2, -0.15) is 0 Å². The van der Waals surface area contributed by atoms with Crippen molar-refractivity contribution in [1.29, 1.82) is 0 Å². The maximum atomic E-state index is 11.9. The predicted molar refractivity (Wildman–Crippen MR) is 72.9 cm³/mol. The summed E-state index contributed by atoms with van der Waals surface area (Å²) in [5, 5.41) is 6.11. The lowest BCUT2D eigenvalue weighted by atomic mass is 10.0. The Labute approximate surface area is 110 Å². The molecule has 102 valence electrons. The van der Waals surface area contributed by atoms with E-state index < -0.39 is 0 Å². The summed E-state index contributed by atoms with van der Waals surface area (Å²) >= 11 is 0. The summed E-state index contributed by atoms with van der Waals surface area (Å²) in [5.41, 5.74) is 3.11. The van der Waals surface area contributed by atoms with Crippen LogP contribution in [0.2, 0.25) is 0 Å². The fourth-order valence-corrected chi connectivity index (χ4v) is 2.22. The van der Waals surface area contributed by atoms with E-state index in [1.165, 1.54) is 0 Å². The molecule has 0 aromatic carbocycles. The van der Waals surface area contributed by atoms with Crippen molar-refractivity contribution in [2.45, 2.75) is 33.7 Å². The van der Waals surface area contributed by atoms with E-state index in [9.17, 15) is 9.59 Å². The van der Waals surface area contributed by atoms with Gasteiger partial charge in [0.25, 0.3) is 5.56 Å². The number of hydrogen-bond donors (Lipinski definition) is 2. The van der Waals surface area contributed by atoms with Crippen molar-refractivity contribution in [2.75, 3.05) is 0 Å². The highest BCUT2D eigenvalue weighted by Gasteiger charge is 2.15. The van der Waals surface area contributed by atoms with Gasteiger partial charge in [0.15, 0.2) is 5.65 Å². The lowest BCUT2D eigenvalue weighted by Gasteiger charge is -2.11. The van der Waals surface area contributed by atoms with Crippen LogP contribution < -0.4 is 10.9 Å². The molecule has 0 aliphatic rings. The van der Waals surface area contributed by atoms with Crippen LogP contribution in [0.4, 0.5) is 0 Å². The molecule has 0 saturated heterocycles. The van der Waals surface area contributed by atoms with E-state index in [1.54, 1.807) is 18.7 Å². The molecule has 2 aromatic heterocycles. The second kappa shape index (κ2) is 4.87. The molecule has 0 radical (unpaired) electrons. The SMILES string of the molecule is CCC(=O)NCc1c(C)nc2c(c1C)c(=O)[nH]n2C. The zero-order chi connectivity index (χ0) is 14.2. The maximum Gasteiger partial charge on any atom is 0.273 e. The predicted octanol–water partition coefficient (Wildman–Crippen LogP) is 0.905. The molecule has 1 amide bonds. The summed E-state index contributed by atoms with van der Waals surface area (Å²) in [5.74, 6) is -0.0131. The van der Waals surface area contributed by atoms with E-state index in [2.05, 4.69) is 15.4 Å². The number of aryl methyl sites for hydroxylation is 3. The number of amides is 1. The number of pyridine rings is 1. The largest absolute Gasteiger partial charge is 0.352 e. The number of hydrogen-bond acceptors (Lipinski definition) is 3. The van der Waals surface area contributed by atoms with Gasteiger partial charge >= 0.3 is 0 Å². The highest BCUT2D eigenvalue weighted by molar-refractivity contribution is 5.80. The Balaban J connectivity index is 2.53. The minimum absolute atomic E-state index is 0.0131. The molecule has 0 bridgehead atoms. The minimum atomic E-state index is -0.148. The van der Waals surface area contributed by atoms with Crippen LogP contribution in [-0.4, -0.2) is 20.7 Å². The Morgan fingerprint density at radius 1 is 1.42 bits per heavy atom. The summed E-state index contributed by atoms with van der Waals surface area (Å²) in [7, 11) is 1.76. The Bertz CT molecular complexity index is 697. The Morgan fingerprint density at radius 2 is 2.11 bits per heavy atom. The van der Waals surface area contributed by atoms with Gasteiger partial charge in [0.2, 0.25) is 5.91 Å². The Morgan fingerprint density at radius 3 is 2.74 bits per heavy atom. The molecule has 2 heterocycles. The van der Waals surface area contributed by atoms with Gasteiger partial charge in [-0.25, -0.2) is 4.98 Å². The van der Waals surface area contributed by atoms with Crippen molar-refractivity contribution >= 4 is 16.9 Å². The Kier molecular flexibility index (Phi) is 3.42. The Hall–Kier alpha value is -2.11. The highest BCUT2D eigenvalue weighted by atomic mass is 16.1. The molecule has 2 N–H and O–H groups in total. The zero-order valence-corrected chi connectivity index (χ0v) is 11.6. The topological polar surface area (TPSA) is 79.8 Å². The molecule has 0 spiro atoms. The molecule has 19 heavy (non-hydrogen) atoms. The van der Waals surface area contributed by atoms with Crippen LogP contribution in [0.15, 0.2) is 4.79 Å². The van der Waals surface area contributed by atoms with Gasteiger partial charge in [0, 0.05) is 25.7 Å². The molecule has 0 unspecified atom stereocenters. The molecule has 2 rings (SSSR count). The maximum absolute atomic E-state index is 11.9. The third kappa shape index (κ3) is 2.25. The van der Waals surface area contributed by atoms with E-state index in [0.717, 1.165) is 16.8 Å². The van der Waals surface area contributed by atoms with E-state index in [1.807, 2.05) is 13.8 Å². The molecule has 2 aromatic rings. The summed E-state index contributed by atoms with van der Waals surface area (Å²) in [6.45, 7) is 5.98. The average Bonchev–Trinajstić information content (AvgIpc) is 2.63. The van der Waals surface area contributed by atoms with Crippen molar-refractivity contribution in [2.24, 2.45) is 7.05 Å². The lowest BCUT2D eigenvalue weighted by molar-refractivity contribution is -0.120. The van der Waals surface area contributed by atoms with E-state index in [0.29, 0.717) is 24.0 Å². The number of aromatic amines is 1. The monoisotopic (exact) mass is 262 g/mol. The molecule has 0 atom stereocenters. The van der Waals surface area contributed by atoms with Gasteiger partial charge in [-0.15, -0.1) is 0 Å². The first-order valence-electron chi connectivity index (χ1n) is 6.27. The first kappa shape index (κ1) is 13.3. The van der Waals surface area contributed by atoms with Gasteiger partial charge in [0.05, 0.1) is 5.39 Å². The average molecular weight is 262 g/mol. The summed E-state index contributed by atoms with van der Waals surface area (Å²) in [6, 6.07) is 0. The smallest absolute Gasteiger partial charge is 0.273 e. The summed E-state index contributed by atoms with van der Waals surface area (Å²) < 4.78 is 1.62. The van der Waals surface area contributed by atoms with Gasteiger partial charge in [-0.3, -0.25) is 19.4 Å². The summed E-state index contributed by atoms with van der Waals surface area (Å²) in [6.07, 6.45) is 0.444. The third-order valence-electron chi connectivity index (χ3n) is 3.36. The molecule has 0 aliphatic carbocycles. The molecule has 0 aliphatic heterocycles. The standard InChI is InChI=1S/C13H18N4O2/c1-5-10(18)14-6-9-7(2)11-12(15-8(9)3)17(4)16-13(11)19/h5-6H2,1-4H3,(H,14,18)(H,16,19). The minimum Gasteiger partial charge on any atom is -0.352 e. The molecule has 6 heteroatoms. The first-order chi connectivity index (χ1) is 8.95. The van der Waals surface area contributed by atoms with Crippen LogP contribution in [0.3, 0.4) is 0 Å². The fraction of sp³-hybridized carbons (Fsp3) is 0.462. The highest BCUT2D eigenvalue weighted by Crippen LogP contribution is 2.19. The van der Waals surface area contributed by atoms with Crippen molar-refractivity contribution < 1.29 is 4.79 Å². The van der Waals surface area contributed by atoms with Crippen LogP contribution in [0.25, 0.3) is 11.0 Å². The number of aromatic nitrogens is 3. The number of fused-ring (bicyclic) bond motifs is 1. The number of rotatable bonds is 3. The van der Waals surface area contributed by atoms with Gasteiger partial charge in [0.1, 0.15) is 0 Å². The van der Waals surface area contributed by atoms with E-state index >= 15 is 0 Å². The van der Waals surface area contributed by atoms with Crippen molar-refractivity contribution in [3.8, 4) is 0 Å². The zero-order valence-electron chi connectivity index (χ0n) is 11.6. The van der Waals surface area contributed by atoms with E-state index in [4.69, 9.17) is 0 Å². The van der Waals surface area contributed by atoms with Crippen LogP contribution in [0.1, 0.15) is 30.2 Å². The number of nitrogens with zero attached hydrogens (tertiary/aromatic N) is 2. The van der Waals surface area contributed by atoms with E-state index in [-0.39, 0.29) is 11.5 Å². The second-order valence-corrected chi connectivity index (χ2v) is 4.63. The van der Waals surface area contributed by atoms with Crippen LogP contribution in [0.5, 0.6) is 0 Å². The molecular formula is C13H18N4O2. The fourth-order valence-electron chi connectivity index (χ4n) is 2.22. The van der Waals surface area contributed by atoms with Gasteiger partial charge < -0.3 is 5.32 Å². The van der Waals surface area contributed by atoms with Crippen LogP contribution in [-0.2, 0) is 18.4 Å². The summed E-state index contributed by atoms with van der Waals surface area (Å²) in [4.78, 5) is 27.7. The van der Waals surface area contributed by atoms with Crippen LogP contribution in [0, 0.1) is 13.8 Å². The third-order valence-corrected chi connectivity index (χ3v) is 3.36. The number of carbonyl (C=O) groups excluding carboxylic acids is 1. The van der Waals surface area contributed by atoms with Gasteiger partial charge in [-0.1, -0.05) is 6.92 Å². The van der Waals surface area contributed by atoms with Crippen molar-refractivity contribution in [3.05, 3.63) is 27.2 Å². The normalized spacial score (nSPS) is 10.9. The van der Waals surface area contributed by atoms with Crippen molar-refractivity contribution in [1.82, 2.24) is 20.1 Å². The number of carbonyl (C=O) groups is 1. The molecule has 6 nitrogen and oxygen atoms in total. The molecule has 0 fully saturated rings. The second-order valence-electron chi connectivity index (χ2n) is 4.63. The molecular weight excluding hydrogens is 244 g/mol. The quantitative estimate of drug-likeness (QED) is 0.862. The molecule has 0 saturated carbocycles. The lowest BCUT2D eigenvalue weighted by Crippen LogP contribution is -2.23. The van der Waals surface area contributed by atoms with Gasteiger partial charge in [-0.05, 0) is 25.0 Å².